The monoisotopic (exact) mass is 305 g/mol. The van der Waals surface area contributed by atoms with E-state index in [4.69, 9.17) is 14.7 Å². The number of methoxy groups -OCH3 is 1. The predicted octanol–water partition coefficient (Wildman–Crippen LogP) is 2.96. The van der Waals surface area contributed by atoms with Crippen LogP contribution in [0.25, 0.3) is 0 Å². The number of rotatable bonds is 5. The minimum atomic E-state index is -1.26. The average Bonchev–Trinajstić information content (AvgIpc) is 2.52. The fourth-order valence-electron chi connectivity index (χ4n) is 1.89. The van der Waals surface area contributed by atoms with Gasteiger partial charge in [-0.15, -0.1) is 0 Å². The maximum Gasteiger partial charge on any atom is 0.162 e. The van der Waals surface area contributed by atoms with Crippen LogP contribution in [-0.4, -0.2) is 18.8 Å². The van der Waals surface area contributed by atoms with Crippen molar-refractivity contribution in [3.8, 4) is 17.6 Å². The largest absolute Gasteiger partial charge is 0.493 e. The van der Waals surface area contributed by atoms with E-state index in [0.717, 1.165) is 12.1 Å². The number of halogens is 2. The summed E-state index contributed by atoms with van der Waals surface area (Å²) in [4.78, 5) is 0. The molecule has 114 valence electrons. The van der Waals surface area contributed by atoms with Gasteiger partial charge < -0.3 is 14.6 Å². The Morgan fingerprint density at radius 2 is 1.95 bits per heavy atom. The Morgan fingerprint density at radius 3 is 2.59 bits per heavy atom. The molecule has 0 aliphatic rings. The number of hydrogen-bond donors (Lipinski definition) is 1. The van der Waals surface area contributed by atoms with Crippen LogP contribution >= 0.6 is 0 Å². The Labute approximate surface area is 126 Å². The van der Waals surface area contributed by atoms with Crippen molar-refractivity contribution < 1.29 is 23.4 Å². The third-order valence-electron chi connectivity index (χ3n) is 3.01. The van der Waals surface area contributed by atoms with E-state index in [1.54, 1.807) is 0 Å². The highest BCUT2D eigenvalue weighted by atomic mass is 19.1. The Bertz CT molecular complexity index is 713. The van der Waals surface area contributed by atoms with Crippen molar-refractivity contribution in [3.63, 3.8) is 0 Å². The SMILES string of the molecule is COc1cc(C#N)ccc1OCC(O)c1ccc(F)cc1F. The molecule has 0 spiro atoms. The summed E-state index contributed by atoms with van der Waals surface area (Å²) in [5.41, 5.74) is 0.336. The smallest absolute Gasteiger partial charge is 0.162 e. The fraction of sp³-hybridized carbons (Fsp3) is 0.188. The molecule has 0 fully saturated rings. The summed E-state index contributed by atoms with van der Waals surface area (Å²) in [6.07, 6.45) is -1.26. The van der Waals surface area contributed by atoms with Gasteiger partial charge >= 0.3 is 0 Å². The number of benzene rings is 2. The Morgan fingerprint density at radius 1 is 1.18 bits per heavy atom. The molecule has 0 radical (unpaired) electrons. The molecule has 0 heterocycles. The second-order valence-electron chi connectivity index (χ2n) is 4.47. The zero-order valence-corrected chi connectivity index (χ0v) is 11.7. The third kappa shape index (κ3) is 3.51. The predicted molar refractivity (Wildman–Crippen MR) is 74.5 cm³/mol. The van der Waals surface area contributed by atoms with Gasteiger partial charge in [0.05, 0.1) is 18.7 Å². The van der Waals surface area contributed by atoms with E-state index in [1.165, 1.54) is 25.3 Å². The van der Waals surface area contributed by atoms with Crippen LogP contribution in [0.15, 0.2) is 36.4 Å². The molecule has 0 aliphatic heterocycles. The maximum atomic E-state index is 13.6. The molecule has 1 unspecified atom stereocenters. The minimum absolute atomic E-state index is 0.0611. The molecule has 22 heavy (non-hydrogen) atoms. The van der Waals surface area contributed by atoms with Crippen molar-refractivity contribution >= 4 is 0 Å². The maximum absolute atomic E-state index is 13.6. The third-order valence-corrected chi connectivity index (χ3v) is 3.01. The summed E-state index contributed by atoms with van der Waals surface area (Å²) >= 11 is 0. The lowest BCUT2D eigenvalue weighted by atomic mass is 10.1. The van der Waals surface area contributed by atoms with E-state index in [9.17, 15) is 13.9 Å². The molecule has 1 N–H and O–H groups in total. The molecule has 0 saturated heterocycles. The molecule has 4 nitrogen and oxygen atoms in total. The van der Waals surface area contributed by atoms with Crippen LogP contribution in [0.4, 0.5) is 8.78 Å². The van der Waals surface area contributed by atoms with Gasteiger partial charge in [-0.05, 0) is 18.2 Å². The summed E-state index contributed by atoms with van der Waals surface area (Å²) in [7, 11) is 1.42. The normalized spacial score (nSPS) is 11.6. The highest BCUT2D eigenvalue weighted by molar-refractivity contribution is 5.46. The number of hydrogen-bond acceptors (Lipinski definition) is 4. The summed E-state index contributed by atoms with van der Waals surface area (Å²) in [6, 6.07) is 9.41. The Hall–Kier alpha value is -2.65. The van der Waals surface area contributed by atoms with Crippen molar-refractivity contribution in [3.05, 3.63) is 59.2 Å². The molecule has 2 aromatic rings. The van der Waals surface area contributed by atoms with Gasteiger partial charge in [-0.3, -0.25) is 0 Å². The lowest BCUT2D eigenvalue weighted by Crippen LogP contribution is -2.12. The van der Waals surface area contributed by atoms with Gasteiger partial charge in [0.25, 0.3) is 0 Å². The summed E-state index contributed by atoms with van der Waals surface area (Å²) in [6.45, 7) is -0.245. The first-order chi connectivity index (χ1) is 10.5. The molecule has 0 saturated carbocycles. The molecule has 2 rings (SSSR count). The van der Waals surface area contributed by atoms with Crippen LogP contribution in [0.1, 0.15) is 17.2 Å². The van der Waals surface area contributed by atoms with Crippen molar-refractivity contribution in [1.82, 2.24) is 0 Å². The highest BCUT2D eigenvalue weighted by Crippen LogP contribution is 2.29. The van der Waals surface area contributed by atoms with Gasteiger partial charge in [0, 0.05) is 17.7 Å². The first-order valence-electron chi connectivity index (χ1n) is 6.39. The standard InChI is InChI=1S/C16H13F2NO3/c1-21-16-6-10(8-19)2-5-15(16)22-9-14(20)12-4-3-11(17)7-13(12)18/h2-7,14,20H,9H2,1H3. The van der Waals surface area contributed by atoms with Gasteiger partial charge in [-0.1, -0.05) is 6.07 Å². The van der Waals surface area contributed by atoms with E-state index in [0.29, 0.717) is 23.1 Å². The molecule has 2 aromatic carbocycles. The van der Waals surface area contributed by atoms with Crippen molar-refractivity contribution in [2.24, 2.45) is 0 Å². The van der Waals surface area contributed by atoms with Gasteiger partial charge in [0.1, 0.15) is 24.3 Å². The minimum Gasteiger partial charge on any atom is -0.493 e. The van der Waals surface area contributed by atoms with Crippen LogP contribution in [0.5, 0.6) is 11.5 Å². The Balaban J connectivity index is 2.11. The first kappa shape index (κ1) is 15.7. The van der Waals surface area contributed by atoms with Gasteiger partial charge in [0.2, 0.25) is 0 Å². The highest BCUT2D eigenvalue weighted by Gasteiger charge is 2.15. The van der Waals surface area contributed by atoms with Crippen molar-refractivity contribution in [2.75, 3.05) is 13.7 Å². The van der Waals surface area contributed by atoms with Crippen LogP contribution in [0.3, 0.4) is 0 Å². The molecule has 0 aliphatic carbocycles. The van der Waals surface area contributed by atoms with Crippen LogP contribution in [-0.2, 0) is 0 Å². The van der Waals surface area contributed by atoms with Crippen LogP contribution in [0, 0.1) is 23.0 Å². The second-order valence-corrected chi connectivity index (χ2v) is 4.47. The molecule has 0 amide bonds. The number of ether oxygens (including phenoxy) is 2. The molecule has 6 heteroatoms. The molecular weight excluding hydrogens is 292 g/mol. The molecule has 1 atom stereocenters. The van der Waals surface area contributed by atoms with E-state index in [2.05, 4.69) is 0 Å². The number of nitrogens with zero attached hydrogens (tertiary/aromatic N) is 1. The van der Waals surface area contributed by atoms with E-state index in [1.807, 2.05) is 6.07 Å². The lowest BCUT2D eigenvalue weighted by Gasteiger charge is -2.15. The topological polar surface area (TPSA) is 62.5 Å². The fourth-order valence-corrected chi connectivity index (χ4v) is 1.89. The lowest BCUT2D eigenvalue weighted by molar-refractivity contribution is 0.103. The van der Waals surface area contributed by atoms with E-state index < -0.39 is 17.7 Å². The van der Waals surface area contributed by atoms with Gasteiger partial charge in [-0.2, -0.15) is 5.26 Å². The molecular formula is C16H13F2NO3. The molecule has 0 aromatic heterocycles. The van der Waals surface area contributed by atoms with E-state index >= 15 is 0 Å². The summed E-state index contributed by atoms with van der Waals surface area (Å²) < 4.78 is 36.9. The van der Waals surface area contributed by atoms with E-state index in [-0.39, 0.29) is 12.2 Å². The zero-order chi connectivity index (χ0) is 16.1. The summed E-state index contributed by atoms with van der Waals surface area (Å²) in [5.74, 6) is -0.931. The summed E-state index contributed by atoms with van der Waals surface area (Å²) in [5, 5.41) is 18.7. The van der Waals surface area contributed by atoms with Gasteiger partial charge in [-0.25, -0.2) is 8.78 Å². The van der Waals surface area contributed by atoms with Crippen LogP contribution in [0.2, 0.25) is 0 Å². The Kier molecular flexibility index (Phi) is 4.92. The van der Waals surface area contributed by atoms with Crippen LogP contribution < -0.4 is 9.47 Å². The second kappa shape index (κ2) is 6.87. The zero-order valence-electron chi connectivity index (χ0n) is 11.7. The average molecular weight is 305 g/mol. The first-order valence-corrected chi connectivity index (χ1v) is 6.39. The van der Waals surface area contributed by atoms with Crippen molar-refractivity contribution in [2.45, 2.75) is 6.10 Å². The number of aliphatic hydroxyl groups excluding tert-OH is 1. The quantitative estimate of drug-likeness (QED) is 0.922. The number of aliphatic hydroxyl groups is 1. The molecule has 0 bridgehead atoms. The van der Waals surface area contributed by atoms with Crippen molar-refractivity contribution in [1.29, 1.82) is 5.26 Å². The number of nitriles is 1. The van der Waals surface area contributed by atoms with Gasteiger partial charge in [0.15, 0.2) is 11.5 Å².